The zero-order chi connectivity index (χ0) is 14.0. The Balaban J connectivity index is 2.22. The highest BCUT2D eigenvalue weighted by atomic mass is 35.5. The summed E-state index contributed by atoms with van der Waals surface area (Å²) >= 11 is 12.0. The van der Waals surface area contributed by atoms with Crippen LogP contribution < -0.4 is 11.1 Å². The molecule has 0 fully saturated rings. The molecule has 0 aromatic heterocycles. The molecule has 0 aliphatic heterocycles. The van der Waals surface area contributed by atoms with E-state index < -0.39 is 0 Å². The summed E-state index contributed by atoms with van der Waals surface area (Å²) in [6.07, 6.45) is 0. The molecule has 0 heterocycles. The average molecular weight is 299 g/mol. The number of benzene rings is 2. The number of halogens is 3. The third-order valence-corrected chi connectivity index (χ3v) is 3.29. The molecule has 0 saturated carbocycles. The van der Waals surface area contributed by atoms with Crippen molar-refractivity contribution < 1.29 is 4.39 Å². The van der Waals surface area contributed by atoms with Gasteiger partial charge in [-0.05, 0) is 42.8 Å². The highest BCUT2D eigenvalue weighted by Crippen LogP contribution is 2.29. The lowest BCUT2D eigenvalue weighted by molar-refractivity contribution is 0.628. The Bertz CT molecular complexity index is 582. The van der Waals surface area contributed by atoms with Crippen molar-refractivity contribution in [3.63, 3.8) is 0 Å². The first-order valence-electron chi connectivity index (χ1n) is 5.73. The summed E-state index contributed by atoms with van der Waals surface area (Å²) in [5.74, 6) is -0.378. The molecule has 0 spiro atoms. The molecule has 100 valence electrons. The summed E-state index contributed by atoms with van der Waals surface area (Å²) < 4.78 is 13.2. The molecule has 0 amide bonds. The molecule has 1 unspecified atom stereocenters. The molecule has 5 heteroatoms. The van der Waals surface area contributed by atoms with Crippen LogP contribution in [0.2, 0.25) is 10.0 Å². The van der Waals surface area contributed by atoms with Crippen LogP contribution in [0.1, 0.15) is 18.5 Å². The van der Waals surface area contributed by atoms with Crippen molar-refractivity contribution in [2.75, 3.05) is 11.1 Å². The average Bonchev–Trinajstić information content (AvgIpc) is 2.26. The Morgan fingerprint density at radius 2 is 1.89 bits per heavy atom. The van der Waals surface area contributed by atoms with Crippen molar-refractivity contribution in [3.8, 4) is 0 Å². The molecule has 2 aromatic rings. The second-order valence-corrected chi connectivity index (χ2v) is 5.15. The summed E-state index contributed by atoms with van der Waals surface area (Å²) in [7, 11) is 0. The predicted molar refractivity (Wildman–Crippen MR) is 79.3 cm³/mol. The van der Waals surface area contributed by atoms with Crippen molar-refractivity contribution in [2.45, 2.75) is 13.0 Å². The molecule has 0 aliphatic rings. The summed E-state index contributed by atoms with van der Waals surface area (Å²) in [4.78, 5) is 0. The quantitative estimate of drug-likeness (QED) is 0.792. The molecule has 0 bridgehead atoms. The molecular formula is C14H13Cl2FN2. The van der Waals surface area contributed by atoms with E-state index in [9.17, 15) is 4.39 Å². The Hall–Kier alpha value is -1.45. The van der Waals surface area contributed by atoms with E-state index in [1.54, 1.807) is 18.2 Å². The standard InChI is InChI=1S/C14H13Cl2FN2/c1-8(13-3-2-9(15)4-14(13)16)19-12-6-10(17)5-11(18)7-12/h2-8,19H,18H2,1H3. The van der Waals surface area contributed by atoms with Crippen LogP contribution in [0.4, 0.5) is 15.8 Å². The second kappa shape index (κ2) is 5.68. The fraction of sp³-hybridized carbons (Fsp3) is 0.143. The largest absolute Gasteiger partial charge is 0.399 e. The Kier molecular flexibility index (Phi) is 4.17. The van der Waals surface area contributed by atoms with Crippen molar-refractivity contribution in [1.29, 1.82) is 0 Å². The van der Waals surface area contributed by atoms with Crippen molar-refractivity contribution in [2.24, 2.45) is 0 Å². The lowest BCUT2D eigenvalue weighted by Gasteiger charge is -2.17. The highest BCUT2D eigenvalue weighted by molar-refractivity contribution is 6.35. The van der Waals surface area contributed by atoms with Crippen LogP contribution in [0.3, 0.4) is 0 Å². The minimum atomic E-state index is -0.378. The van der Waals surface area contributed by atoms with Gasteiger partial charge in [0.1, 0.15) is 5.82 Å². The molecule has 19 heavy (non-hydrogen) atoms. The van der Waals surface area contributed by atoms with Gasteiger partial charge >= 0.3 is 0 Å². The summed E-state index contributed by atoms with van der Waals surface area (Å²) in [6.45, 7) is 1.93. The van der Waals surface area contributed by atoms with Gasteiger partial charge in [-0.1, -0.05) is 29.3 Å². The Labute approximate surface area is 121 Å². The van der Waals surface area contributed by atoms with E-state index in [0.717, 1.165) is 5.56 Å². The molecule has 0 radical (unpaired) electrons. The van der Waals surface area contributed by atoms with E-state index in [-0.39, 0.29) is 11.9 Å². The smallest absolute Gasteiger partial charge is 0.127 e. The fourth-order valence-corrected chi connectivity index (χ4v) is 2.45. The summed E-state index contributed by atoms with van der Waals surface area (Å²) in [6, 6.07) is 9.51. The van der Waals surface area contributed by atoms with Crippen molar-refractivity contribution >= 4 is 34.6 Å². The van der Waals surface area contributed by atoms with Crippen LogP contribution in [-0.4, -0.2) is 0 Å². The zero-order valence-electron chi connectivity index (χ0n) is 10.3. The molecule has 0 saturated heterocycles. The monoisotopic (exact) mass is 298 g/mol. The topological polar surface area (TPSA) is 38.0 Å². The molecule has 0 aliphatic carbocycles. The maximum Gasteiger partial charge on any atom is 0.127 e. The maximum absolute atomic E-state index is 13.2. The van der Waals surface area contributed by atoms with Crippen LogP contribution >= 0.6 is 23.2 Å². The second-order valence-electron chi connectivity index (χ2n) is 4.31. The van der Waals surface area contributed by atoms with Gasteiger partial charge in [-0.3, -0.25) is 0 Å². The highest BCUT2D eigenvalue weighted by Gasteiger charge is 2.10. The third kappa shape index (κ3) is 3.52. The Morgan fingerprint density at radius 1 is 1.16 bits per heavy atom. The first kappa shape index (κ1) is 14.0. The van der Waals surface area contributed by atoms with E-state index in [4.69, 9.17) is 28.9 Å². The number of anilines is 2. The van der Waals surface area contributed by atoms with Crippen molar-refractivity contribution in [3.05, 3.63) is 57.8 Å². The summed E-state index contributed by atoms with van der Waals surface area (Å²) in [5, 5.41) is 4.30. The van der Waals surface area contributed by atoms with Crippen LogP contribution in [0.5, 0.6) is 0 Å². The van der Waals surface area contributed by atoms with Gasteiger partial charge in [0, 0.05) is 27.5 Å². The predicted octanol–water partition coefficient (Wildman–Crippen LogP) is 4.89. The SMILES string of the molecule is CC(Nc1cc(N)cc(F)c1)c1ccc(Cl)cc1Cl. The van der Waals surface area contributed by atoms with Crippen LogP contribution in [0.15, 0.2) is 36.4 Å². The normalized spacial score (nSPS) is 12.2. The molecular weight excluding hydrogens is 286 g/mol. The van der Waals surface area contributed by atoms with Gasteiger partial charge in [0.25, 0.3) is 0 Å². The van der Waals surface area contributed by atoms with E-state index in [1.807, 2.05) is 13.0 Å². The fourth-order valence-electron chi connectivity index (χ4n) is 1.88. The van der Waals surface area contributed by atoms with Crippen LogP contribution in [0, 0.1) is 5.82 Å². The van der Waals surface area contributed by atoms with Crippen LogP contribution in [-0.2, 0) is 0 Å². The van der Waals surface area contributed by atoms with E-state index >= 15 is 0 Å². The minimum absolute atomic E-state index is 0.0917. The number of nitrogens with one attached hydrogen (secondary N) is 1. The number of hydrogen-bond acceptors (Lipinski definition) is 2. The van der Waals surface area contributed by atoms with E-state index in [2.05, 4.69) is 5.32 Å². The third-order valence-electron chi connectivity index (χ3n) is 2.73. The van der Waals surface area contributed by atoms with Gasteiger partial charge in [0.2, 0.25) is 0 Å². The first-order chi connectivity index (χ1) is 8.95. The van der Waals surface area contributed by atoms with Gasteiger partial charge in [-0.15, -0.1) is 0 Å². The number of nitrogen functional groups attached to an aromatic ring is 1. The molecule has 2 rings (SSSR count). The lowest BCUT2D eigenvalue weighted by atomic mass is 10.1. The zero-order valence-corrected chi connectivity index (χ0v) is 11.8. The maximum atomic E-state index is 13.2. The van der Waals surface area contributed by atoms with Crippen molar-refractivity contribution in [1.82, 2.24) is 0 Å². The van der Waals surface area contributed by atoms with Gasteiger partial charge < -0.3 is 11.1 Å². The first-order valence-corrected chi connectivity index (χ1v) is 6.49. The van der Waals surface area contributed by atoms with Gasteiger partial charge in [-0.2, -0.15) is 0 Å². The number of nitrogens with two attached hydrogens (primary N) is 1. The number of hydrogen-bond donors (Lipinski definition) is 2. The van der Waals surface area contributed by atoms with E-state index in [0.29, 0.717) is 21.4 Å². The van der Waals surface area contributed by atoms with Gasteiger partial charge in [-0.25, -0.2) is 4.39 Å². The summed E-state index contributed by atoms with van der Waals surface area (Å²) in [5.41, 5.74) is 7.46. The van der Waals surface area contributed by atoms with Gasteiger partial charge in [0.15, 0.2) is 0 Å². The lowest BCUT2D eigenvalue weighted by Crippen LogP contribution is -2.07. The molecule has 3 N–H and O–H groups in total. The molecule has 2 aromatic carbocycles. The molecule has 1 atom stereocenters. The van der Waals surface area contributed by atoms with Crippen LogP contribution in [0.25, 0.3) is 0 Å². The Morgan fingerprint density at radius 3 is 2.53 bits per heavy atom. The number of rotatable bonds is 3. The van der Waals surface area contributed by atoms with Gasteiger partial charge in [0.05, 0.1) is 0 Å². The van der Waals surface area contributed by atoms with E-state index in [1.165, 1.54) is 12.1 Å². The minimum Gasteiger partial charge on any atom is -0.399 e. The molecule has 2 nitrogen and oxygen atoms in total.